The van der Waals surface area contributed by atoms with Gasteiger partial charge >= 0.3 is 0 Å². The first-order valence-electron chi connectivity index (χ1n) is 7.67. The molecule has 0 saturated heterocycles. The van der Waals surface area contributed by atoms with Crippen LogP contribution in [0.2, 0.25) is 0 Å². The first-order valence-corrected chi connectivity index (χ1v) is 9.11. The number of ether oxygens (including phenoxy) is 2. The van der Waals surface area contributed by atoms with Crippen molar-refractivity contribution in [3.63, 3.8) is 0 Å². The van der Waals surface area contributed by atoms with Gasteiger partial charge in [-0.25, -0.2) is 8.42 Å². The second-order valence-electron chi connectivity index (χ2n) is 5.92. The highest BCUT2D eigenvalue weighted by Gasteiger charge is 2.31. The lowest BCUT2D eigenvalue weighted by atomic mass is 10.1. The Morgan fingerprint density at radius 2 is 2.00 bits per heavy atom. The van der Waals surface area contributed by atoms with E-state index in [2.05, 4.69) is 0 Å². The predicted molar refractivity (Wildman–Crippen MR) is 90.4 cm³/mol. The van der Waals surface area contributed by atoms with Crippen molar-refractivity contribution < 1.29 is 22.7 Å². The third kappa shape index (κ3) is 3.46. The van der Waals surface area contributed by atoms with Gasteiger partial charge in [-0.15, -0.1) is 0 Å². The van der Waals surface area contributed by atoms with E-state index in [1.165, 1.54) is 38.6 Å². The van der Waals surface area contributed by atoms with E-state index in [1.807, 2.05) is 6.92 Å². The van der Waals surface area contributed by atoms with E-state index in [4.69, 9.17) is 9.47 Å². The van der Waals surface area contributed by atoms with Crippen molar-refractivity contribution in [2.75, 3.05) is 32.7 Å². The van der Waals surface area contributed by atoms with Gasteiger partial charge in [0.1, 0.15) is 0 Å². The van der Waals surface area contributed by atoms with E-state index in [0.29, 0.717) is 6.42 Å². The standard InChI is InChI=1S/C16H24N2O5S/c1-11-8-13-9-14(6-7-15(13)18(11)12(2)19)24(20,21)17(3)10-16(22-4)23-5/h6-7,9,11,16H,8,10H2,1-5H3/t11-/m1/s1. The zero-order chi connectivity index (χ0) is 18.1. The molecule has 0 fully saturated rings. The van der Waals surface area contributed by atoms with Crippen LogP contribution in [0.5, 0.6) is 0 Å². The first kappa shape index (κ1) is 18.9. The van der Waals surface area contributed by atoms with Crippen molar-refractivity contribution in [3.8, 4) is 0 Å². The molecule has 7 nitrogen and oxygen atoms in total. The molecule has 0 spiro atoms. The molecule has 1 aromatic rings. The monoisotopic (exact) mass is 356 g/mol. The van der Waals surface area contributed by atoms with E-state index < -0.39 is 16.3 Å². The molecule has 1 heterocycles. The average molecular weight is 356 g/mol. The Balaban J connectivity index is 2.31. The van der Waals surface area contributed by atoms with E-state index in [1.54, 1.807) is 17.0 Å². The van der Waals surface area contributed by atoms with E-state index in [-0.39, 0.29) is 23.4 Å². The molecule has 1 aliphatic heterocycles. The minimum atomic E-state index is -3.66. The smallest absolute Gasteiger partial charge is 0.243 e. The topological polar surface area (TPSA) is 76.2 Å². The Morgan fingerprint density at radius 3 is 2.54 bits per heavy atom. The highest BCUT2D eigenvalue weighted by Crippen LogP contribution is 2.34. The number of nitrogens with zero attached hydrogens (tertiary/aromatic N) is 2. The summed E-state index contributed by atoms with van der Waals surface area (Å²) in [5.41, 5.74) is 1.64. The van der Waals surface area contributed by atoms with Crippen LogP contribution in [0.25, 0.3) is 0 Å². The lowest BCUT2D eigenvalue weighted by molar-refractivity contribution is -0.116. The normalized spacial score (nSPS) is 17.6. The number of anilines is 1. The van der Waals surface area contributed by atoms with Crippen LogP contribution in [0.4, 0.5) is 5.69 Å². The molecule has 2 rings (SSSR count). The lowest BCUT2D eigenvalue weighted by Gasteiger charge is -2.22. The summed E-state index contributed by atoms with van der Waals surface area (Å²) in [6, 6.07) is 4.91. The number of carbonyl (C=O) groups is 1. The molecule has 134 valence electrons. The molecule has 0 unspecified atom stereocenters. The fraction of sp³-hybridized carbons (Fsp3) is 0.562. The quantitative estimate of drug-likeness (QED) is 0.717. The van der Waals surface area contributed by atoms with Gasteiger partial charge in [-0.3, -0.25) is 4.79 Å². The van der Waals surface area contributed by atoms with Gasteiger partial charge in [0.15, 0.2) is 6.29 Å². The summed E-state index contributed by atoms with van der Waals surface area (Å²) in [6.45, 7) is 3.55. The zero-order valence-corrected chi connectivity index (χ0v) is 15.5. The number of likely N-dealkylation sites (N-methyl/N-ethyl adjacent to an activating group) is 1. The fourth-order valence-corrected chi connectivity index (χ4v) is 4.19. The number of hydrogen-bond donors (Lipinski definition) is 0. The van der Waals surface area contributed by atoms with E-state index >= 15 is 0 Å². The molecule has 1 amide bonds. The van der Waals surface area contributed by atoms with Crippen LogP contribution in [-0.4, -0.2) is 58.8 Å². The lowest BCUT2D eigenvalue weighted by Crippen LogP contribution is -2.36. The summed E-state index contributed by atoms with van der Waals surface area (Å²) in [4.78, 5) is 13.7. The minimum Gasteiger partial charge on any atom is -0.355 e. The molecule has 24 heavy (non-hydrogen) atoms. The van der Waals surface area contributed by atoms with Crippen molar-refractivity contribution >= 4 is 21.6 Å². The third-order valence-electron chi connectivity index (χ3n) is 4.25. The van der Waals surface area contributed by atoms with Crippen LogP contribution in [0, 0.1) is 0 Å². The molecule has 0 bridgehead atoms. The van der Waals surface area contributed by atoms with E-state index in [0.717, 1.165) is 11.3 Å². The third-order valence-corrected chi connectivity index (χ3v) is 6.07. The van der Waals surface area contributed by atoms with Crippen LogP contribution in [0.15, 0.2) is 23.1 Å². The van der Waals surface area contributed by atoms with Crippen molar-refractivity contribution in [1.82, 2.24) is 4.31 Å². The number of hydrogen-bond acceptors (Lipinski definition) is 5. The maximum Gasteiger partial charge on any atom is 0.243 e. The summed E-state index contributed by atoms with van der Waals surface area (Å²) in [6.07, 6.45) is 0.00763. The summed E-state index contributed by atoms with van der Waals surface area (Å²) >= 11 is 0. The largest absolute Gasteiger partial charge is 0.355 e. The molecule has 1 atom stereocenters. The molecule has 0 saturated carbocycles. The van der Waals surface area contributed by atoms with Crippen molar-refractivity contribution in [2.24, 2.45) is 0 Å². The predicted octanol–water partition coefficient (Wildman–Crippen LogP) is 1.22. The Kier molecular flexibility index (Phi) is 5.64. The van der Waals surface area contributed by atoms with Gasteiger partial charge in [-0.1, -0.05) is 0 Å². The van der Waals surface area contributed by atoms with Crippen LogP contribution in [0.1, 0.15) is 19.4 Å². The second-order valence-corrected chi connectivity index (χ2v) is 7.96. The van der Waals surface area contributed by atoms with Gasteiger partial charge in [-0.2, -0.15) is 4.31 Å². The number of methoxy groups -OCH3 is 2. The maximum absolute atomic E-state index is 12.7. The number of amides is 1. The van der Waals surface area contributed by atoms with Crippen molar-refractivity contribution in [2.45, 2.75) is 37.5 Å². The molecular weight excluding hydrogens is 332 g/mol. The Bertz CT molecular complexity index is 715. The Hall–Kier alpha value is -1.48. The van der Waals surface area contributed by atoms with Crippen molar-refractivity contribution in [1.29, 1.82) is 0 Å². The second kappa shape index (κ2) is 7.18. The molecule has 8 heteroatoms. The molecule has 0 aliphatic carbocycles. The summed E-state index contributed by atoms with van der Waals surface area (Å²) < 4.78 is 36.8. The number of fused-ring (bicyclic) bond motifs is 1. The highest BCUT2D eigenvalue weighted by atomic mass is 32.2. The molecule has 0 N–H and O–H groups in total. The molecule has 0 aromatic heterocycles. The number of carbonyl (C=O) groups excluding carboxylic acids is 1. The van der Waals surface area contributed by atoms with Gasteiger partial charge in [0, 0.05) is 39.9 Å². The van der Waals surface area contributed by atoms with Gasteiger partial charge in [0.05, 0.1) is 11.4 Å². The zero-order valence-electron chi connectivity index (χ0n) is 14.6. The average Bonchev–Trinajstić information content (AvgIpc) is 2.86. The molecule has 1 aliphatic rings. The van der Waals surface area contributed by atoms with Gasteiger partial charge in [0.25, 0.3) is 0 Å². The van der Waals surface area contributed by atoms with Crippen LogP contribution >= 0.6 is 0 Å². The SMILES string of the molecule is COC(CN(C)S(=O)(=O)c1ccc2c(c1)C[C@@H](C)N2C(C)=O)OC. The number of benzene rings is 1. The first-order chi connectivity index (χ1) is 11.2. The van der Waals surface area contributed by atoms with Crippen LogP contribution in [-0.2, 0) is 30.7 Å². The van der Waals surface area contributed by atoms with Crippen LogP contribution < -0.4 is 4.90 Å². The highest BCUT2D eigenvalue weighted by molar-refractivity contribution is 7.89. The number of sulfonamides is 1. The Labute approximate surface area is 143 Å². The minimum absolute atomic E-state index is 0.0274. The molecule has 0 radical (unpaired) electrons. The summed E-state index contributed by atoms with van der Waals surface area (Å²) in [7, 11) is 0.743. The van der Waals surface area contributed by atoms with Gasteiger partial charge < -0.3 is 14.4 Å². The number of rotatable bonds is 6. The molecule has 1 aromatic carbocycles. The van der Waals surface area contributed by atoms with Crippen molar-refractivity contribution in [3.05, 3.63) is 23.8 Å². The van der Waals surface area contributed by atoms with Gasteiger partial charge in [-0.05, 0) is 37.1 Å². The summed E-state index contributed by atoms with van der Waals surface area (Å²) in [5.74, 6) is -0.0444. The summed E-state index contributed by atoms with van der Waals surface area (Å²) in [5, 5.41) is 0. The fourth-order valence-electron chi connectivity index (χ4n) is 2.98. The van der Waals surface area contributed by atoms with Gasteiger partial charge in [0.2, 0.25) is 15.9 Å². The Morgan fingerprint density at radius 1 is 1.38 bits per heavy atom. The molecular formula is C16H24N2O5S. The maximum atomic E-state index is 12.7. The van der Waals surface area contributed by atoms with E-state index in [9.17, 15) is 13.2 Å². The van der Waals surface area contributed by atoms with Crippen LogP contribution in [0.3, 0.4) is 0 Å².